The van der Waals surface area contributed by atoms with Crippen LogP contribution < -0.4 is 4.74 Å². The van der Waals surface area contributed by atoms with Crippen LogP contribution in [0.4, 0.5) is 0 Å². The van der Waals surface area contributed by atoms with Crippen LogP contribution in [0.15, 0.2) is 24.3 Å². The van der Waals surface area contributed by atoms with Crippen molar-refractivity contribution in [1.29, 1.82) is 0 Å². The summed E-state index contributed by atoms with van der Waals surface area (Å²) in [6.45, 7) is 0.555. The van der Waals surface area contributed by atoms with Crippen LogP contribution in [0.1, 0.15) is 24.3 Å². The first-order valence-corrected chi connectivity index (χ1v) is 5.12. The van der Waals surface area contributed by atoms with Gasteiger partial charge in [0, 0.05) is 0 Å². The molecule has 1 fully saturated rings. The van der Waals surface area contributed by atoms with Crippen molar-refractivity contribution in [1.82, 2.24) is 0 Å². The number of cyclic esters (lactones) is 1. The molecule has 3 nitrogen and oxygen atoms in total. The van der Waals surface area contributed by atoms with Crippen molar-refractivity contribution in [2.45, 2.75) is 18.8 Å². The number of esters is 1. The molecule has 1 aromatic carbocycles. The minimum Gasteiger partial charge on any atom is -0.497 e. The van der Waals surface area contributed by atoms with Crippen molar-refractivity contribution in [3.8, 4) is 5.75 Å². The van der Waals surface area contributed by atoms with E-state index in [0.717, 1.165) is 24.2 Å². The number of carbonyl (C=O) groups is 1. The molecule has 1 atom stereocenters. The summed E-state index contributed by atoms with van der Waals surface area (Å²) in [6.07, 6.45) is 1.81. The first-order chi connectivity index (χ1) is 7.31. The van der Waals surface area contributed by atoms with Gasteiger partial charge in [-0.3, -0.25) is 4.79 Å². The van der Waals surface area contributed by atoms with Gasteiger partial charge in [0.1, 0.15) is 5.75 Å². The summed E-state index contributed by atoms with van der Waals surface area (Å²) in [4.78, 5) is 11.5. The summed E-state index contributed by atoms with van der Waals surface area (Å²) in [5.74, 6) is 0.550. The Balaban J connectivity index is 2.23. The smallest absolute Gasteiger partial charge is 0.313 e. The lowest BCUT2D eigenvalue weighted by atomic mass is 9.93. The summed E-state index contributed by atoms with van der Waals surface area (Å²) in [6, 6.07) is 7.62. The van der Waals surface area contributed by atoms with Crippen LogP contribution in [0, 0.1) is 0 Å². The van der Waals surface area contributed by atoms with Crippen molar-refractivity contribution in [2.75, 3.05) is 13.7 Å². The van der Waals surface area contributed by atoms with E-state index >= 15 is 0 Å². The third-order valence-electron chi connectivity index (χ3n) is 2.66. The van der Waals surface area contributed by atoms with Crippen LogP contribution in [0.25, 0.3) is 0 Å². The molecule has 0 spiro atoms. The molecule has 1 aliphatic rings. The Kier molecular flexibility index (Phi) is 2.90. The highest BCUT2D eigenvalue weighted by Crippen LogP contribution is 2.28. The average Bonchev–Trinajstić information content (AvgIpc) is 2.30. The maximum Gasteiger partial charge on any atom is 0.313 e. The lowest BCUT2D eigenvalue weighted by Crippen LogP contribution is -2.22. The normalized spacial score (nSPS) is 20.9. The van der Waals surface area contributed by atoms with Gasteiger partial charge in [0.25, 0.3) is 0 Å². The van der Waals surface area contributed by atoms with Crippen LogP contribution in [-0.4, -0.2) is 19.7 Å². The second-order valence-electron chi connectivity index (χ2n) is 3.64. The van der Waals surface area contributed by atoms with Gasteiger partial charge in [-0.2, -0.15) is 0 Å². The van der Waals surface area contributed by atoms with Gasteiger partial charge in [0.15, 0.2) is 0 Å². The van der Waals surface area contributed by atoms with E-state index in [-0.39, 0.29) is 11.9 Å². The molecule has 0 saturated carbocycles. The van der Waals surface area contributed by atoms with Gasteiger partial charge in [-0.15, -0.1) is 0 Å². The van der Waals surface area contributed by atoms with Gasteiger partial charge in [-0.05, 0) is 30.5 Å². The zero-order chi connectivity index (χ0) is 10.7. The zero-order valence-electron chi connectivity index (χ0n) is 8.73. The molecule has 1 aromatic rings. The van der Waals surface area contributed by atoms with Crippen molar-refractivity contribution in [3.05, 3.63) is 29.8 Å². The molecule has 3 heteroatoms. The highest BCUT2D eigenvalue weighted by molar-refractivity contribution is 5.78. The molecular formula is C12H14O3. The second kappa shape index (κ2) is 4.34. The predicted molar refractivity (Wildman–Crippen MR) is 55.9 cm³/mol. The SMILES string of the molecule is COc1cccc([C@@H]2CCCOC2=O)c1. The standard InChI is InChI=1S/C12H14O3/c1-14-10-5-2-4-9(8-10)11-6-3-7-15-12(11)13/h2,4-5,8,11H,3,6-7H2,1H3/t11-/m0/s1. The van der Waals surface area contributed by atoms with Gasteiger partial charge in [-0.1, -0.05) is 12.1 Å². The van der Waals surface area contributed by atoms with E-state index < -0.39 is 0 Å². The van der Waals surface area contributed by atoms with Gasteiger partial charge < -0.3 is 9.47 Å². The molecule has 0 unspecified atom stereocenters. The Hall–Kier alpha value is -1.51. The number of hydrogen-bond donors (Lipinski definition) is 0. The van der Waals surface area contributed by atoms with E-state index in [1.165, 1.54) is 0 Å². The highest BCUT2D eigenvalue weighted by Gasteiger charge is 2.25. The number of rotatable bonds is 2. The number of ether oxygens (including phenoxy) is 2. The summed E-state index contributed by atoms with van der Waals surface area (Å²) >= 11 is 0. The van der Waals surface area contributed by atoms with Gasteiger partial charge in [-0.25, -0.2) is 0 Å². The summed E-state index contributed by atoms with van der Waals surface area (Å²) < 4.78 is 10.2. The molecule has 2 rings (SSSR count). The van der Waals surface area contributed by atoms with Crippen LogP contribution in [-0.2, 0) is 9.53 Å². The molecule has 0 N–H and O–H groups in total. The topological polar surface area (TPSA) is 35.5 Å². The second-order valence-corrected chi connectivity index (χ2v) is 3.64. The molecule has 0 aliphatic carbocycles. The van der Waals surface area contributed by atoms with E-state index in [1.807, 2.05) is 24.3 Å². The van der Waals surface area contributed by atoms with Crippen LogP contribution in [0.3, 0.4) is 0 Å². The van der Waals surface area contributed by atoms with Crippen molar-refractivity contribution < 1.29 is 14.3 Å². The number of benzene rings is 1. The Morgan fingerprint density at radius 1 is 1.47 bits per heavy atom. The first-order valence-electron chi connectivity index (χ1n) is 5.12. The molecule has 1 aliphatic heterocycles. The fourth-order valence-corrected chi connectivity index (χ4v) is 1.84. The van der Waals surface area contributed by atoms with E-state index in [0.29, 0.717) is 6.61 Å². The van der Waals surface area contributed by atoms with Crippen LogP contribution >= 0.6 is 0 Å². The van der Waals surface area contributed by atoms with E-state index in [4.69, 9.17) is 9.47 Å². The van der Waals surface area contributed by atoms with E-state index in [9.17, 15) is 4.79 Å². The van der Waals surface area contributed by atoms with Crippen molar-refractivity contribution in [3.63, 3.8) is 0 Å². The molecule has 0 radical (unpaired) electrons. The maximum absolute atomic E-state index is 11.5. The van der Waals surface area contributed by atoms with Crippen molar-refractivity contribution >= 4 is 5.97 Å². The molecule has 0 aromatic heterocycles. The molecule has 0 amide bonds. The minimum atomic E-state index is -0.117. The largest absolute Gasteiger partial charge is 0.497 e. The molecule has 15 heavy (non-hydrogen) atoms. The zero-order valence-corrected chi connectivity index (χ0v) is 8.73. The lowest BCUT2D eigenvalue weighted by Gasteiger charge is -2.21. The predicted octanol–water partition coefficient (Wildman–Crippen LogP) is 2.12. The summed E-state index contributed by atoms with van der Waals surface area (Å²) in [5.41, 5.74) is 0.985. The summed E-state index contributed by atoms with van der Waals surface area (Å²) in [5, 5.41) is 0. The fourth-order valence-electron chi connectivity index (χ4n) is 1.84. The average molecular weight is 206 g/mol. The highest BCUT2D eigenvalue weighted by atomic mass is 16.5. The lowest BCUT2D eigenvalue weighted by molar-refractivity contribution is -0.149. The van der Waals surface area contributed by atoms with E-state index in [2.05, 4.69) is 0 Å². The fraction of sp³-hybridized carbons (Fsp3) is 0.417. The minimum absolute atomic E-state index is 0.116. The quantitative estimate of drug-likeness (QED) is 0.695. The maximum atomic E-state index is 11.5. The number of carbonyl (C=O) groups excluding carboxylic acids is 1. The van der Waals surface area contributed by atoms with Gasteiger partial charge >= 0.3 is 5.97 Å². The van der Waals surface area contributed by atoms with Gasteiger partial charge in [0.2, 0.25) is 0 Å². The third-order valence-corrected chi connectivity index (χ3v) is 2.66. The number of methoxy groups -OCH3 is 1. The molecule has 1 heterocycles. The van der Waals surface area contributed by atoms with Crippen LogP contribution in [0.5, 0.6) is 5.75 Å². The van der Waals surface area contributed by atoms with E-state index in [1.54, 1.807) is 7.11 Å². The Labute approximate surface area is 89.0 Å². The van der Waals surface area contributed by atoms with Crippen LogP contribution in [0.2, 0.25) is 0 Å². The number of hydrogen-bond acceptors (Lipinski definition) is 3. The third kappa shape index (κ3) is 2.12. The Morgan fingerprint density at radius 2 is 2.33 bits per heavy atom. The van der Waals surface area contributed by atoms with Gasteiger partial charge in [0.05, 0.1) is 19.6 Å². The van der Waals surface area contributed by atoms with Crippen molar-refractivity contribution in [2.24, 2.45) is 0 Å². The molecular weight excluding hydrogens is 192 g/mol. The summed E-state index contributed by atoms with van der Waals surface area (Å²) in [7, 11) is 1.62. The Morgan fingerprint density at radius 3 is 3.07 bits per heavy atom. The monoisotopic (exact) mass is 206 g/mol. The molecule has 0 bridgehead atoms. The molecule has 1 saturated heterocycles. The Bertz CT molecular complexity index is 360. The molecule has 80 valence electrons. The first kappa shape index (κ1) is 10.0.